The molecule has 2 aromatic heterocycles. The lowest BCUT2D eigenvalue weighted by Gasteiger charge is -2.24. The molecule has 5 rings (SSSR count). The number of aliphatic hydroxyl groups is 1. The normalized spacial score (nSPS) is 15.1. The summed E-state index contributed by atoms with van der Waals surface area (Å²) in [5, 5.41) is 20.6. The van der Waals surface area contributed by atoms with Crippen molar-refractivity contribution in [1.29, 1.82) is 0 Å². The minimum absolute atomic E-state index is 0.0365. The van der Waals surface area contributed by atoms with Crippen LogP contribution in [0.25, 0.3) is 0 Å². The third-order valence-electron chi connectivity index (χ3n) is 6.63. The van der Waals surface area contributed by atoms with E-state index < -0.39 is 23.5 Å². The summed E-state index contributed by atoms with van der Waals surface area (Å²) in [6.45, 7) is 6.20. The summed E-state index contributed by atoms with van der Waals surface area (Å²) in [6, 6.07) is 12.5. The molecule has 0 saturated heterocycles. The number of thioether (sulfide) groups is 1. The quantitative estimate of drug-likeness (QED) is 0.0753. The van der Waals surface area contributed by atoms with Crippen LogP contribution in [0.5, 0.6) is 5.75 Å². The number of rotatable bonds is 12. The Morgan fingerprint density at radius 1 is 1.12 bits per heavy atom. The van der Waals surface area contributed by atoms with E-state index in [1.54, 1.807) is 44.2 Å². The topological polar surface area (TPSA) is 106 Å². The van der Waals surface area contributed by atoms with Crippen LogP contribution >= 0.6 is 34.4 Å². The van der Waals surface area contributed by atoms with Gasteiger partial charge in [-0.1, -0.05) is 67.1 Å². The SMILES string of the molecule is CCCCCOc1cccc(C2C(C(=O)c3sc(C)nc3C)=C(O)C(=O)N2c2nnc(SCc3ccc(F)cc3)s2)c1. The number of aliphatic hydroxyl groups excluding tert-OH is 1. The minimum atomic E-state index is -0.950. The lowest BCUT2D eigenvalue weighted by molar-refractivity contribution is -0.117. The number of hydrogen-bond acceptors (Lipinski definition) is 10. The van der Waals surface area contributed by atoms with Crippen LogP contribution in [0.15, 0.2) is 64.2 Å². The molecule has 1 N–H and O–H groups in total. The van der Waals surface area contributed by atoms with Crippen molar-refractivity contribution in [3.05, 3.63) is 92.4 Å². The second-order valence-electron chi connectivity index (χ2n) is 9.71. The molecule has 8 nitrogen and oxygen atoms in total. The molecule has 2 aromatic carbocycles. The van der Waals surface area contributed by atoms with Crippen LogP contribution in [0, 0.1) is 19.7 Å². The number of halogens is 1. The fraction of sp³-hybridized carbons (Fsp3) is 0.300. The molecule has 0 aliphatic carbocycles. The predicted molar refractivity (Wildman–Crippen MR) is 163 cm³/mol. The highest BCUT2D eigenvalue weighted by Gasteiger charge is 2.46. The average Bonchev–Trinajstić information content (AvgIpc) is 3.66. The molecule has 218 valence electrons. The van der Waals surface area contributed by atoms with Gasteiger partial charge >= 0.3 is 0 Å². The van der Waals surface area contributed by atoms with Gasteiger partial charge in [-0.25, -0.2) is 9.37 Å². The Hall–Kier alpha value is -3.61. The van der Waals surface area contributed by atoms with Gasteiger partial charge in [0.25, 0.3) is 5.91 Å². The molecule has 0 radical (unpaired) electrons. The number of nitrogens with zero attached hydrogens (tertiary/aromatic N) is 4. The first-order chi connectivity index (χ1) is 20.3. The van der Waals surface area contributed by atoms with Crippen molar-refractivity contribution in [1.82, 2.24) is 15.2 Å². The van der Waals surface area contributed by atoms with Crippen LogP contribution in [-0.2, 0) is 10.5 Å². The monoisotopic (exact) mass is 624 g/mol. The molecular formula is C30H29FN4O4S3. The van der Waals surface area contributed by atoms with E-state index in [2.05, 4.69) is 22.1 Å². The lowest BCUT2D eigenvalue weighted by atomic mass is 9.95. The zero-order valence-corrected chi connectivity index (χ0v) is 25.7. The van der Waals surface area contributed by atoms with E-state index in [9.17, 15) is 19.1 Å². The molecule has 0 bridgehead atoms. The summed E-state index contributed by atoms with van der Waals surface area (Å²) in [5.41, 5.74) is 2.01. The standard InChI is InChI=1S/C30H29FN4O4S3/c1-4-5-6-14-39-22-9-7-8-20(15-22)24-23(25(36)27-17(2)32-18(3)41-27)26(37)28(38)35(24)29-33-34-30(42-29)40-16-19-10-12-21(31)13-11-19/h7-13,15,24,37H,4-6,14,16H2,1-3H3. The number of hydrogen-bond donors (Lipinski definition) is 1. The first kappa shape index (κ1) is 29.9. The average molecular weight is 625 g/mol. The summed E-state index contributed by atoms with van der Waals surface area (Å²) in [6.07, 6.45) is 3.03. The van der Waals surface area contributed by atoms with Gasteiger partial charge in [0, 0.05) is 5.75 Å². The Kier molecular flexibility index (Phi) is 9.34. The van der Waals surface area contributed by atoms with Crippen molar-refractivity contribution in [3.63, 3.8) is 0 Å². The fourth-order valence-electron chi connectivity index (χ4n) is 4.61. The number of aryl methyl sites for hydroxylation is 2. The second kappa shape index (κ2) is 13.1. The number of ketones is 1. The molecule has 1 aliphatic heterocycles. The van der Waals surface area contributed by atoms with Gasteiger partial charge in [-0.2, -0.15) is 0 Å². The Balaban J connectivity index is 1.49. The van der Waals surface area contributed by atoms with E-state index in [1.165, 1.54) is 51.5 Å². The van der Waals surface area contributed by atoms with Gasteiger partial charge in [0.1, 0.15) is 11.6 Å². The third kappa shape index (κ3) is 6.40. The Morgan fingerprint density at radius 2 is 1.90 bits per heavy atom. The van der Waals surface area contributed by atoms with Crippen LogP contribution in [0.1, 0.15) is 63.7 Å². The molecule has 0 saturated carbocycles. The second-order valence-corrected chi connectivity index (χ2v) is 13.1. The van der Waals surface area contributed by atoms with Crippen LogP contribution in [-0.4, -0.2) is 38.6 Å². The number of unbranched alkanes of at least 4 members (excludes halogenated alkanes) is 2. The summed E-state index contributed by atoms with van der Waals surface area (Å²) in [5.74, 6) is -0.991. The Labute approximate surface area is 255 Å². The minimum Gasteiger partial charge on any atom is -0.503 e. The highest BCUT2D eigenvalue weighted by molar-refractivity contribution is 8.00. The summed E-state index contributed by atoms with van der Waals surface area (Å²) in [7, 11) is 0. The highest BCUT2D eigenvalue weighted by atomic mass is 32.2. The van der Waals surface area contributed by atoms with Gasteiger partial charge in [-0.3, -0.25) is 14.5 Å². The van der Waals surface area contributed by atoms with Crippen LogP contribution in [0.2, 0.25) is 0 Å². The Bertz CT molecular complexity index is 1630. The van der Waals surface area contributed by atoms with E-state index in [4.69, 9.17) is 4.74 Å². The first-order valence-corrected chi connectivity index (χ1v) is 16.1. The third-order valence-corrected chi connectivity index (χ3v) is 9.83. The number of Topliss-reactive ketones (excluding diaryl/α,β-unsaturated/α-hetero) is 1. The number of anilines is 1. The number of carbonyl (C=O) groups is 2. The van der Waals surface area contributed by atoms with Gasteiger partial charge in [-0.15, -0.1) is 21.5 Å². The molecule has 1 aliphatic rings. The molecule has 42 heavy (non-hydrogen) atoms. The van der Waals surface area contributed by atoms with E-state index in [-0.39, 0.29) is 16.5 Å². The maximum absolute atomic E-state index is 13.9. The maximum Gasteiger partial charge on any atom is 0.296 e. The fourth-order valence-corrected chi connectivity index (χ4v) is 7.31. The molecule has 4 aromatic rings. The summed E-state index contributed by atoms with van der Waals surface area (Å²) < 4.78 is 19.8. The van der Waals surface area contributed by atoms with Gasteiger partial charge in [0.05, 0.1) is 33.8 Å². The van der Waals surface area contributed by atoms with Crippen molar-refractivity contribution in [2.24, 2.45) is 0 Å². The van der Waals surface area contributed by atoms with E-state index in [0.29, 0.717) is 43.6 Å². The summed E-state index contributed by atoms with van der Waals surface area (Å²) in [4.78, 5) is 33.5. The number of aromatic nitrogens is 3. The van der Waals surface area contributed by atoms with E-state index in [0.717, 1.165) is 24.8 Å². The van der Waals surface area contributed by atoms with Crippen LogP contribution in [0.4, 0.5) is 9.52 Å². The highest BCUT2D eigenvalue weighted by Crippen LogP contribution is 2.45. The number of carbonyl (C=O) groups excluding carboxylic acids is 2. The zero-order chi connectivity index (χ0) is 29.8. The largest absolute Gasteiger partial charge is 0.503 e. The van der Waals surface area contributed by atoms with Crippen molar-refractivity contribution in [2.45, 2.75) is 56.2 Å². The van der Waals surface area contributed by atoms with E-state index >= 15 is 0 Å². The van der Waals surface area contributed by atoms with Gasteiger partial charge in [-0.05, 0) is 55.7 Å². The van der Waals surface area contributed by atoms with Crippen LogP contribution < -0.4 is 9.64 Å². The molecule has 1 amide bonds. The van der Waals surface area contributed by atoms with Crippen molar-refractivity contribution >= 4 is 51.3 Å². The van der Waals surface area contributed by atoms with Gasteiger partial charge in [0.2, 0.25) is 10.9 Å². The maximum atomic E-state index is 13.9. The smallest absolute Gasteiger partial charge is 0.296 e. The zero-order valence-electron chi connectivity index (χ0n) is 23.3. The molecule has 0 spiro atoms. The number of benzene rings is 2. The van der Waals surface area contributed by atoms with Crippen molar-refractivity contribution in [2.75, 3.05) is 11.5 Å². The molecule has 12 heteroatoms. The number of thiazole rings is 1. The molecule has 3 heterocycles. The lowest BCUT2D eigenvalue weighted by Crippen LogP contribution is -2.31. The number of ether oxygens (including phenoxy) is 1. The van der Waals surface area contributed by atoms with Crippen molar-refractivity contribution < 1.29 is 23.8 Å². The first-order valence-electron chi connectivity index (χ1n) is 13.5. The number of amides is 1. The summed E-state index contributed by atoms with van der Waals surface area (Å²) >= 11 is 3.80. The van der Waals surface area contributed by atoms with Crippen molar-refractivity contribution in [3.8, 4) is 5.75 Å². The molecule has 0 fully saturated rings. The van der Waals surface area contributed by atoms with Crippen LogP contribution in [0.3, 0.4) is 0 Å². The van der Waals surface area contributed by atoms with Gasteiger partial charge in [0.15, 0.2) is 10.1 Å². The molecule has 1 atom stereocenters. The van der Waals surface area contributed by atoms with Gasteiger partial charge < -0.3 is 9.84 Å². The Morgan fingerprint density at radius 3 is 2.62 bits per heavy atom. The van der Waals surface area contributed by atoms with E-state index in [1.807, 2.05) is 6.07 Å². The molecule has 1 unspecified atom stereocenters. The predicted octanol–water partition coefficient (Wildman–Crippen LogP) is 7.39. The molecular weight excluding hydrogens is 596 g/mol.